The zero-order chi connectivity index (χ0) is 25.7. The van der Waals surface area contributed by atoms with Crippen molar-refractivity contribution in [2.75, 3.05) is 20.3 Å². The molecule has 0 spiro atoms. The maximum absolute atomic E-state index is 13.0. The predicted octanol–water partition coefficient (Wildman–Crippen LogP) is 3.52. The Labute approximate surface area is 210 Å². The van der Waals surface area contributed by atoms with Gasteiger partial charge in [0.2, 0.25) is 0 Å². The largest absolute Gasteiger partial charge is 0.497 e. The molecule has 4 rings (SSSR count). The van der Waals surface area contributed by atoms with Crippen LogP contribution >= 0.6 is 0 Å². The van der Waals surface area contributed by atoms with Gasteiger partial charge in [0.1, 0.15) is 5.75 Å². The van der Waals surface area contributed by atoms with Gasteiger partial charge in [-0.3, -0.25) is 9.69 Å². The number of pyridine rings is 1. The molecule has 2 aromatic carbocycles. The van der Waals surface area contributed by atoms with Crippen LogP contribution in [0, 0.1) is 13.8 Å². The number of aliphatic hydroxyl groups is 1. The summed E-state index contributed by atoms with van der Waals surface area (Å²) < 4.78 is 7.05. The monoisotopic (exact) mass is 490 g/mol. The maximum atomic E-state index is 13.0. The number of H-pyrrole nitrogens is 1. The van der Waals surface area contributed by atoms with Gasteiger partial charge in [-0.1, -0.05) is 37.1 Å². The molecule has 0 fully saturated rings. The van der Waals surface area contributed by atoms with Crippen LogP contribution in [-0.2, 0) is 13.1 Å². The van der Waals surface area contributed by atoms with Crippen LogP contribution in [0.15, 0.2) is 47.3 Å². The van der Waals surface area contributed by atoms with E-state index >= 15 is 0 Å². The van der Waals surface area contributed by atoms with E-state index in [4.69, 9.17) is 4.74 Å². The number of benzene rings is 2. The molecule has 4 aromatic rings. The summed E-state index contributed by atoms with van der Waals surface area (Å²) >= 11 is 0. The molecule has 2 heterocycles. The number of ether oxygens (including phenoxy) is 1. The molecular formula is C27H34N6O3. The van der Waals surface area contributed by atoms with Crippen LogP contribution in [0.4, 0.5) is 0 Å². The number of aromatic nitrogens is 5. The van der Waals surface area contributed by atoms with Gasteiger partial charge >= 0.3 is 0 Å². The Balaban J connectivity index is 1.66. The topological polar surface area (TPSA) is 109 Å². The normalized spacial score (nSPS) is 12.4. The Bertz CT molecular complexity index is 1360. The van der Waals surface area contributed by atoms with E-state index in [0.29, 0.717) is 31.0 Å². The molecule has 1 atom stereocenters. The SMILES string of the molecule is CCCC(c1nnnn1Cc1ccc(OC)cc1)N(CCO)Cc1cc2cc(C)cc(C)c2[nH]c1=O. The number of rotatable bonds is 11. The zero-order valence-corrected chi connectivity index (χ0v) is 21.4. The average molecular weight is 491 g/mol. The smallest absolute Gasteiger partial charge is 0.252 e. The molecule has 9 heteroatoms. The molecule has 1 unspecified atom stereocenters. The lowest BCUT2D eigenvalue weighted by Gasteiger charge is -2.30. The number of aromatic amines is 1. The fourth-order valence-corrected chi connectivity index (χ4v) is 4.76. The highest BCUT2D eigenvalue weighted by atomic mass is 16.5. The van der Waals surface area contributed by atoms with Crippen molar-refractivity contribution in [2.45, 2.75) is 52.7 Å². The molecule has 2 N–H and O–H groups in total. The van der Waals surface area contributed by atoms with Crippen molar-refractivity contribution in [1.29, 1.82) is 0 Å². The molecule has 0 radical (unpaired) electrons. The first kappa shape index (κ1) is 25.5. The lowest BCUT2D eigenvalue weighted by Crippen LogP contribution is -2.35. The van der Waals surface area contributed by atoms with Gasteiger partial charge in [0.05, 0.1) is 31.8 Å². The van der Waals surface area contributed by atoms with Gasteiger partial charge in [-0.25, -0.2) is 4.68 Å². The quantitative estimate of drug-likeness (QED) is 0.331. The lowest BCUT2D eigenvalue weighted by molar-refractivity contribution is 0.128. The Morgan fingerprint density at radius 1 is 1.17 bits per heavy atom. The van der Waals surface area contributed by atoms with Crippen LogP contribution in [0.3, 0.4) is 0 Å². The Morgan fingerprint density at radius 2 is 1.94 bits per heavy atom. The zero-order valence-electron chi connectivity index (χ0n) is 21.4. The fourth-order valence-electron chi connectivity index (χ4n) is 4.76. The standard InChI is InChI=1S/C27H34N6O3/c1-5-6-24(26-29-30-31-33(26)16-20-7-9-23(36-4)10-8-20)32(11-12-34)17-22-15-21-14-18(2)13-19(3)25(21)28-27(22)35/h7-10,13-15,24,34H,5-6,11-12,16-17H2,1-4H3,(H,28,35). The van der Waals surface area contributed by atoms with Crippen LogP contribution in [0.5, 0.6) is 5.75 Å². The minimum absolute atomic E-state index is 0.0377. The Morgan fingerprint density at radius 3 is 2.64 bits per heavy atom. The number of hydrogen-bond acceptors (Lipinski definition) is 7. The second kappa shape index (κ2) is 11.5. The Hall–Kier alpha value is -3.56. The number of nitrogens with zero attached hydrogens (tertiary/aromatic N) is 5. The van der Waals surface area contributed by atoms with Crippen molar-refractivity contribution in [2.24, 2.45) is 0 Å². The third-order valence-electron chi connectivity index (χ3n) is 6.48. The van der Waals surface area contributed by atoms with Crippen molar-refractivity contribution in [3.05, 3.63) is 80.9 Å². The maximum Gasteiger partial charge on any atom is 0.252 e. The summed E-state index contributed by atoms with van der Waals surface area (Å²) in [4.78, 5) is 18.2. The molecule has 0 bridgehead atoms. The molecule has 0 aliphatic heterocycles. The van der Waals surface area contributed by atoms with E-state index in [1.807, 2.05) is 37.3 Å². The van der Waals surface area contributed by atoms with Crippen molar-refractivity contribution >= 4 is 10.9 Å². The summed E-state index contributed by atoms with van der Waals surface area (Å²) in [5.74, 6) is 1.50. The second-order valence-electron chi connectivity index (χ2n) is 9.21. The number of fused-ring (bicyclic) bond motifs is 1. The highest BCUT2D eigenvalue weighted by Crippen LogP contribution is 2.27. The number of aliphatic hydroxyl groups excluding tert-OH is 1. The number of nitrogens with one attached hydrogen (secondary N) is 1. The minimum Gasteiger partial charge on any atom is -0.497 e. The van der Waals surface area contributed by atoms with E-state index in [1.165, 1.54) is 0 Å². The summed E-state index contributed by atoms with van der Waals surface area (Å²) in [5.41, 5.74) is 4.62. The molecule has 0 saturated heterocycles. The van der Waals surface area contributed by atoms with E-state index < -0.39 is 0 Å². The molecule has 9 nitrogen and oxygen atoms in total. The van der Waals surface area contributed by atoms with Crippen LogP contribution in [0.25, 0.3) is 10.9 Å². The lowest BCUT2D eigenvalue weighted by atomic mass is 10.0. The van der Waals surface area contributed by atoms with Gasteiger partial charge in [0, 0.05) is 18.7 Å². The van der Waals surface area contributed by atoms with Gasteiger partial charge in [0.25, 0.3) is 5.56 Å². The fraction of sp³-hybridized carbons (Fsp3) is 0.407. The summed E-state index contributed by atoms with van der Waals surface area (Å²) in [6, 6.07) is 13.7. The number of tetrazole rings is 1. The second-order valence-corrected chi connectivity index (χ2v) is 9.21. The summed E-state index contributed by atoms with van der Waals surface area (Å²) in [6.07, 6.45) is 1.68. The van der Waals surface area contributed by atoms with Crippen molar-refractivity contribution in [1.82, 2.24) is 30.1 Å². The van der Waals surface area contributed by atoms with Crippen molar-refractivity contribution < 1.29 is 9.84 Å². The van der Waals surface area contributed by atoms with Gasteiger partial charge in [0.15, 0.2) is 5.82 Å². The van der Waals surface area contributed by atoms with Crippen LogP contribution < -0.4 is 10.3 Å². The van der Waals surface area contributed by atoms with E-state index in [9.17, 15) is 9.90 Å². The minimum atomic E-state index is -0.162. The van der Waals surface area contributed by atoms with E-state index in [2.05, 4.69) is 51.4 Å². The van der Waals surface area contributed by atoms with E-state index in [-0.39, 0.29) is 18.2 Å². The van der Waals surface area contributed by atoms with Gasteiger partial charge in [-0.2, -0.15) is 0 Å². The molecule has 0 aliphatic carbocycles. The predicted molar refractivity (Wildman–Crippen MR) is 139 cm³/mol. The van der Waals surface area contributed by atoms with Gasteiger partial charge in [-0.15, -0.1) is 5.10 Å². The molecule has 0 saturated carbocycles. The third-order valence-corrected chi connectivity index (χ3v) is 6.48. The summed E-state index contributed by atoms with van der Waals surface area (Å²) in [5, 5.41) is 23.5. The van der Waals surface area contributed by atoms with E-state index in [0.717, 1.165) is 46.2 Å². The molecule has 190 valence electrons. The van der Waals surface area contributed by atoms with Crippen LogP contribution in [0.1, 0.15) is 53.9 Å². The highest BCUT2D eigenvalue weighted by molar-refractivity contribution is 5.82. The number of methoxy groups -OCH3 is 1. The van der Waals surface area contributed by atoms with E-state index in [1.54, 1.807) is 11.8 Å². The average Bonchev–Trinajstić information content (AvgIpc) is 3.31. The third kappa shape index (κ3) is 5.63. The first-order valence-electron chi connectivity index (χ1n) is 12.3. The van der Waals surface area contributed by atoms with Gasteiger partial charge in [-0.05, 0) is 71.5 Å². The first-order chi connectivity index (χ1) is 17.4. The van der Waals surface area contributed by atoms with Gasteiger partial charge < -0.3 is 14.8 Å². The molecular weight excluding hydrogens is 456 g/mol. The Kier molecular flexibility index (Phi) is 8.12. The highest BCUT2D eigenvalue weighted by Gasteiger charge is 2.26. The molecule has 0 amide bonds. The summed E-state index contributed by atoms with van der Waals surface area (Å²) in [7, 11) is 1.64. The number of aryl methyl sites for hydroxylation is 2. The number of hydrogen-bond donors (Lipinski definition) is 2. The summed E-state index contributed by atoms with van der Waals surface area (Å²) in [6.45, 7) is 7.40. The molecule has 2 aromatic heterocycles. The molecule has 36 heavy (non-hydrogen) atoms. The van der Waals surface area contributed by atoms with Crippen LogP contribution in [0.2, 0.25) is 0 Å². The molecule has 0 aliphatic rings. The van der Waals surface area contributed by atoms with Crippen LogP contribution in [-0.4, -0.2) is 55.5 Å². The van der Waals surface area contributed by atoms with Crippen molar-refractivity contribution in [3.63, 3.8) is 0 Å². The first-order valence-corrected chi connectivity index (χ1v) is 12.3. The van der Waals surface area contributed by atoms with Crippen molar-refractivity contribution in [3.8, 4) is 5.75 Å².